The van der Waals surface area contributed by atoms with Crippen LogP contribution in [0.15, 0.2) is 18.2 Å². The van der Waals surface area contributed by atoms with Crippen LogP contribution in [0.2, 0.25) is 0 Å². The standard InChI is InChI=1S/C10H10FNS/c1-2-6-3-8(12)4-7-5-9(11)13-10(6)7/h3-5H,2,12H2,1H3. The molecule has 1 heterocycles. The highest BCUT2D eigenvalue weighted by Gasteiger charge is 2.05. The molecular formula is C10H10FNS. The topological polar surface area (TPSA) is 26.0 Å². The molecule has 2 N–H and O–H groups in total. The summed E-state index contributed by atoms with van der Waals surface area (Å²) in [6, 6.07) is 5.27. The number of halogens is 1. The van der Waals surface area contributed by atoms with Gasteiger partial charge in [-0.1, -0.05) is 6.92 Å². The summed E-state index contributed by atoms with van der Waals surface area (Å²) in [5, 5.41) is 0.773. The fourth-order valence-electron chi connectivity index (χ4n) is 1.48. The number of hydrogen-bond acceptors (Lipinski definition) is 2. The largest absolute Gasteiger partial charge is 0.399 e. The summed E-state index contributed by atoms with van der Waals surface area (Å²) in [5.41, 5.74) is 7.53. The molecule has 0 radical (unpaired) electrons. The minimum absolute atomic E-state index is 0.143. The second-order valence-corrected chi connectivity index (χ2v) is 4.00. The molecule has 0 bridgehead atoms. The van der Waals surface area contributed by atoms with Gasteiger partial charge < -0.3 is 5.73 Å². The number of benzene rings is 1. The maximum atomic E-state index is 12.9. The molecule has 1 aromatic carbocycles. The lowest BCUT2D eigenvalue weighted by molar-refractivity contribution is 0.658. The fourth-order valence-corrected chi connectivity index (χ4v) is 2.43. The Labute approximate surface area is 80.0 Å². The first-order valence-electron chi connectivity index (χ1n) is 4.18. The molecular weight excluding hydrogens is 185 g/mol. The molecule has 0 unspecified atom stereocenters. The Morgan fingerprint density at radius 3 is 2.85 bits per heavy atom. The Kier molecular flexibility index (Phi) is 1.96. The summed E-state index contributed by atoms with van der Waals surface area (Å²) in [6.07, 6.45) is 0.890. The minimum Gasteiger partial charge on any atom is -0.399 e. The van der Waals surface area contributed by atoms with Gasteiger partial charge >= 0.3 is 0 Å². The highest BCUT2D eigenvalue weighted by molar-refractivity contribution is 7.17. The van der Waals surface area contributed by atoms with E-state index in [1.165, 1.54) is 17.4 Å². The molecule has 3 heteroatoms. The van der Waals surface area contributed by atoms with Crippen molar-refractivity contribution < 1.29 is 4.39 Å². The normalized spacial score (nSPS) is 10.9. The third-order valence-electron chi connectivity index (χ3n) is 2.07. The summed E-state index contributed by atoms with van der Waals surface area (Å²) in [4.78, 5) is 0. The molecule has 1 aromatic heterocycles. The van der Waals surface area contributed by atoms with E-state index in [1.807, 2.05) is 19.1 Å². The van der Waals surface area contributed by atoms with Crippen LogP contribution in [0.3, 0.4) is 0 Å². The van der Waals surface area contributed by atoms with E-state index in [0.717, 1.165) is 22.1 Å². The predicted octanol–water partition coefficient (Wildman–Crippen LogP) is 3.19. The molecule has 0 saturated carbocycles. The lowest BCUT2D eigenvalue weighted by Crippen LogP contribution is -1.87. The van der Waals surface area contributed by atoms with Crippen molar-refractivity contribution in [3.8, 4) is 0 Å². The maximum absolute atomic E-state index is 12.9. The van der Waals surface area contributed by atoms with E-state index in [1.54, 1.807) is 0 Å². The monoisotopic (exact) mass is 195 g/mol. The van der Waals surface area contributed by atoms with Gasteiger partial charge in [0, 0.05) is 10.4 Å². The summed E-state index contributed by atoms with van der Waals surface area (Å²) < 4.78 is 14.0. The van der Waals surface area contributed by atoms with Crippen LogP contribution in [0.5, 0.6) is 0 Å². The van der Waals surface area contributed by atoms with Crippen LogP contribution >= 0.6 is 11.3 Å². The highest BCUT2D eigenvalue weighted by Crippen LogP contribution is 2.30. The van der Waals surface area contributed by atoms with E-state index in [-0.39, 0.29) is 5.13 Å². The number of anilines is 1. The average Bonchev–Trinajstić information content (AvgIpc) is 2.43. The van der Waals surface area contributed by atoms with Crippen molar-refractivity contribution in [1.29, 1.82) is 0 Å². The summed E-state index contributed by atoms with van der Waals surface area (Å²) in [6.45, 7) is 2.05. The van der Waals surface area contributed by atoms with E-state index < -0.39 is 0 Å². The van der Waals surface area contributed by atoms with Crippen LogP contribution in [0.4, 0.5) is 10.1 Å². The van der Waals surface area contributed by atoms with Crippen LogP contribution in [0.25, 0.3) is 10.1 Å². The number of hydrogen-bond donors (Lipinski definition) is 1. The zero-order valence-electron chi connectivity index (χ0n) is 7.30. The van der Waals surface area contributed by atoms with Crippen LogP contribution in [-0.4, -0.2) is 0 Å². The Morgan fingerprint density at radius 2 is 2.15 bits per heavy atom. The maximum Gasteiger partial charge on any atom is 0.177 e. The lowest BCUT2D eigenvalue weighted by Gasteiger charge is -2.00. The first-order chi connectivity index (χ1) is 6.20. The molecule has 2 aromatic rings. The van der Waals surface area contributed by atoms with Gasteiger partial charge in [-0.25, -0.2) is 0 Å². The first kappa shape index (κ1) is 8.51. The van der Waals surface area contributed by atoms with Crippen molar-refractivity contribution >= 4 is 27.1 Å². The van der Waals surface area contributed by atoms with E-state index in [9.17, 15) is 4.39 Å². The van der Waals surface area contributed by atoms with Crippen molar-refractivity contribution in [2.24, 2.45) is 0 Å². The van der Waals surface area contributed by atoms with Gasteiger partial charge in [-0.15, -0.1) is 11.3 Å². The van der Waals surface area contributed by atoms with Gasteiger partial charge in [0.25, 0.3) is 0 Å². The highest BCUT2D eigenvalue weighted by atomic mass is 32.1. The number of thiophene rings is 1. The SMILES string of the molecule is CCc1cc(N)cc2cc(F)sc12. The Hall–Kier alpha value is -1.09. The molecule has 0 amide bonds. The molecule has 13 heavy (non-hydrogen) atoms. The molecule has 2 rings (SSSR count). The van der Waals surface area contributed by atoms with Gasteiger partial charge in [-0.05, 0) is 35.6 Å². The molecule has 1 nitrogen and oxygen atoms in total. The molecule has 0 saturated heterocycles. The summed E-state index contributed by atoms with van der Waals surface area (Å²) in [7, 11) is 0. The Bertz CT molecular complexity index is 447. The van der Waals surface area contributed by atoms with Gasteiger partial charge in [0.2, 0.25) is 0 Å². The van der Waals surface area contributed by atoms with Gasteiger partial charge in [-0.2, -0.15) is 4.39 Å². The number of nitrogens with two attached hydrogens (primary N) is 1. The van der Waals surface area contributed by atoms with Gasteiger partial charge in [0.1, 0.15) is 0 Å². The molecule has 0 aliphatic rings. The predicted molar refractivity (Wildman–Crippen MR) is 55.6 cm³/mol. The van der Waals surface area contributed by atoms with E-state index in [0.29, 0.717) is 5.69 Å². The fraction of sp³-hybridized carbons (Fsp3) is 0.200. The number of rotatable bonds is 1. The van der Waals surface area contributed by atoms with Crippen LogP contribution in [-0.2, 0) is 6.42 Å². The lowest BCUT2D eigenvalue weighted by atomic mass is 10.1. The number of nitrogen functional groups attached to an aromatic ring is 1. The first-order valence-corrected chi connectivity index (χ1v) is 5.00. The minimum atomic E-state index is -0.143. The second-order valence-electron chi connectivity index (χ2n) is 3.00. The molecule has 0 aliphatic carbocycles. The number of fused-ring (bicyclic) bond motifs is 1. The van der Waals surface area contributed by atoms with Crippen molar-refractivity contribution in [2.45, 2.75) is 13.3 Å². The Balaban J connectivity index is 2.80. The zero-order chi connectivity index (χ0) is 9.42. The van der Waals surface area contributed by atoms with Crippen LogP contribution in [0, 0.1) is 5.13 Å². The van der Waals surface area contributed by atoms with Crippen molar-refractivity contribution in [2.75, 3.05) is 5.73 Å². The van der Waals surface area contributed by atoms with Gasteiger partial charge in [-0.3, -0.25) is 0 Å². The molecule has 0 fully saturated rings. The average molecular weight is 195 g/mol. The van der Waals surface area contributed by atoms with Crippen molar-refractivity contribution in [3.05, 3.63) is 28.9 Å². The number of aryl methyl sites for hydroxylation is 1. The molecule has 0 atom stereocenters. The quantitative estimate of drug-likeness (QED) is 0.695. The van der Waals surface area contributed by atoms with Crippen molar-refractivity contribution in [3.63, 3.8) is 0 Å². The third-order valence-corrected chi connectivity index (χ3v) is 3.08. The van der Waals surface area contributed by atoms with E-state index >= 15 is 0 Å². The summed E-state index contributed by atoms with van der Waals surface area (Å²) in [5.74, 6) is 0. The molecule has 0 spiro atoms. The van der Waals surface area contributed by atoms with Crippen LogP contribution < -0.4 is 5.73 Å². The van der Waals surface area contributed by atoms with Gasteiger partial charge in [0.05, 0.1) is 0 Å². The van der Waals surface area contributed by atoms with E-state index in [2.05, 4.69) is 0 Å². The van der Waals surface area contributed by atoms with Gasteiger partial charge in [0.15, 0.2) is 5.13 Å². The van der Waals surface area contributed by atoms with Crippen molar-refractivity contribution in [1.82, 2.24) is 0 Å². The smallest absolute Gasteiger partial charge is 0.177 e. The van der Waals surface area contributed by atoms with E-state index in [4.69, 9.17) is 5.73 Å². The Morgan fingerprint density at radius 1 is 1.38 bits per heavy atom. The second kappa shape index (κ2) is 3.00. The molecule has 0 aliphatic heterocycles. The van der Waals surface area contributed by atoms with Crippen LogP contribution in [0.1, 0.15) is 12.5 Å². The zero-order valence-corrected chi connectivity index (χ0v) is 8.12. The third kappa shape index (κ3) is 1.40. The molecule has 68 valence electrons. The summed E-state index contributed by atoms with van der Waals surface area (Å²) >= 11 is 1.19.